The van der Waals surface area contributed by atoms with E-state index in [9.17, 15) is 9.59 Å². The number of hydrogen-bond acceptors (Lipinski definition) is 5. The highest BCUT2D eigenvalue weighted by Crippen LogP contribution is 2.37. The van der Waals surface area contributed by atoms with Gasteiger partial charge in [-0.3, -0.25) is 19.8 Å². The van der Waals surface area contributed by atoms with Gasteiger partial charge in [0.25, 0.3) is 5.91 Å². The van der Waals surface area contributed by atoms with Crippen LogP contribution in [0.1, 0.15) is 48.6 Å². The Bertz CT molecular complexity index is 913. The standard InChI is InChI=1S/C20H27N7O2/c1-12-10-26(13(2)9-25(12)4)20(29)27-11-15-17(14(27)3)23-24-18(15)22-19(28)16-7-5-6-8-21-16/h5-8,12-14H,9-11H2,1-4H3,(H2,22,23,24,28)/t12-,13+,14?/m1/s1. The lowest BCUT2D eigenvalue weighted by Gasteiger charge is -2.44. The maximum absolute atomic E-state index is 13.3. The van der Waals surface area contributed by atoms with Crippen LogP contribution in [0, 0.1) is 0 Å². The second-order valence-corrected chi connectivity index (χ2v) is 8.01. The van der Waals surface area contributed by atoms with E-state index >= 15 is 0 Å². The topological polar surface area (TPSA) is 97.5 Å². The number of piperazine rings is 1. The molecule has 0 bridgehead atoms. The SMILES string of the molecule is CC1c2[nH]nc(NC(=O)c3ccccn3)c2CN1C(=O)N1C[C@@H](C)N(C)C[C@@H]1C. The lowest BCUT2D eigenvalue weighted by Crippen LogP contribution is -2.59. The molecule has 1 fully saturated rings. The first-order chi connectivity index (χ1) is 13.9. The summed E-state index contributed by atoms with van der Waals surface area (Å²) in [5.41, 5.74) is 2.04. The van der Waals surface area contributed by atoms with Gasteiger partial charge in [-0.15, -0.1) is 0 Å². The highest BCUT2D eigenvalue weighted by atomic mass is 16.2. The number of H-pyrrole nitrogens is 1. The van der Waals surface area contributed by atoms with Crippen molar-refractivity contribution < 1.29 is 9.59 Å². The van der Waals surface area contributed by atoms with Crippen molar-refractivity contribution in [3.8, 4) is 0 Å². The average Bonchev–Trinajstić information content (AvgIpc) is 3.25. The summed E-state index contributed by atoms with van der Waals surface area (Å²) in [7, 11) is 2.09. The highest BCUT2D eigenvalue weighted by molar-refractivity contribution is 6.02. The minimum atomic E-state index is -0.321. The minimum Gasteiger partial charge on any atom is -0.319 e. The summed E-state index contributed by atoms with van der Waals surface area (Å²) in [6.07, 6.45) is 1.57. The number of hydrogen-bond donors (Lipinski definition) is 2. The quantitative estimate of drug-likeness (QED) is 0.809. The molecular formula is C20H27N7O2. The van der Waals surface area contributed by atoms with Crippen LogP contribution in [0.2, 0.25) is 0 Å². The predicted octanol–water partition coefficient (Wildman–Crippen LogP) is 2.08. The predicted molar refractivity (Wildman–Crippen MR) is 108 cm³/mol. The van der Waals surface area contributed by atoms with Crippen LogP contribution in [-0.4, -0.2) is 74.0 Å². The largest absolute Gasteiger partial charge is 0.321 e. The molecule has 4 rings (SSSR count). The lowest BCUT2D eigenvalue weighted by molar-refractivity contribution is 0.0584. The monoisotopic (exact) mass is 397 g/mol. The van der Waals surface area contributed by atoms with Gasteiger partial charge in [0.15, 0.2) is 5.82 Å². The van der Waals surface area contributed by atoms with Crippen LogP contribution < -0.4 is 5.32 Å². The van der Waals surface area contributed by atoms with E-state index in [1.165, 1.54) is 0 Å². The molecule has 9 nitrogen and oxygen atoms in total. The molecule has 1 unspecified atom stereocenters. The highest BCUT2D eigenvalue weighted by Gasteiger charge is 2.40. The van der Waals surface area contributed by atoms with Gasteiger partial charge in [0.1, 0.15) is 5.69 Å². The molecule has 0 saturated carbocycles. The molecule has 0 radical (unpaired) electrons. The third-order valence-electron chi connectivity index (χ3n) is 6.03. The zero-order valence-electron chi connectivity index (χ0n) is 17.2. The minimum absolute atomic E-state index is 0.0246. The molecule has 2 aliphatic rings. The van der Waals surface area contributed by atoms with Gasteiger partial charge in [-0.2, -0.15) is 5.10 Å². The molecule has 3 atom stereocenters. The molecule has 0 spiro atoms. The first-order valence-corrected chi connectivity index (χ1v) is 9.93. The Kier molecular flexibility index (Phi) is 4.99. The Morgan fingerprint density at radius 1 is 1.14 bits per heavy atom. The second kappa shape index (κ2) is 7.47. The third kappa shape index (κ3) is 3.46. The van der Waals surface area contributed by atoms with Crippen molar-refractivity contribution >= 4 is 17.8 Å². The Hall–Kier alpha value is -2.94. The fourth-order valence-electron chi connectivity index (χ4n) is 4.08. The van der Waals surface area contributed by atoms with Gasteiger partial charge in [-0.1, -0.05) is 6.07 Å². The average molecular weight is 397 g/mol. The first-order valence-electron chi connectivity index (χ1n) is 9.93. The van der Waals surface area contributed by atoms with Crippen molar-refractivity contribution in [2.75, 3.05) is 25.5 Å². The van der Waals surface area contributed by atoms with E-state index in [-0.39, 0.29) is 24.0 Å². The van der Waals surface area contributed by atoms with E-state index < -0.39 is 0 Å². The number of nitrogens with one attached hydrogen (secondary N) is 2. The number of rotatable bonds is 2. The number of carbonyl (C=O) groups excluding carboxylic acids is 2. The normalized spacial score (nSPS) is 24.5. The summed E-state index contributed by atoms with van der Waals surface area (Å²) in [6.45, 7) is 8.17. The van der Waals surface area contributed by atoms with Crippen molar-refractivity contribution in [3.63, 3.8) is 0 Å². The molecule has 2 aromatic rings. The summed E-state index contributed by atoms with van der Waals surface area (Å²) >= 11 is 0. The molecule has 1 saturated heterocycles. The first kappa shape index (κ1) is 19.4. The molecule has 9 heteroatoms. The number of aromatic nitrogens is 3. The number of aromatic amines is 1. The second-order valence-electron chi connectivity index (χ2n) is 8.01. The number of anilines is 1. The van der Waals surface area contributed by atoms with Crippen LogP contribution in [-0.2, 0) is 6.54 Å². The molecule has 154 valence electrons. The Morgan fingerprint density at radius 2 is 1.93 bits per heavy atom. The van der Waals surface area contributed by atoms with Crippen LogP contribution in [0.15, 0.2) is 24.4 Å². The van der Waals surface area contributed by atoms with Crippen molar-refractivity contribution in [3.05, 3.63) is 41.3 Å². The molecule has 2 N–H and O–H groups in total. The zero-order chi connectivity index (χ0) is 20.7. The van der Waals surface area contributed by atoms with E-state index in [1.807, 2.05) is 16.7 Å². The lowest BCUT2D eigenvalue weighted by atomic mass is 10.1. The van der Waals surface area contributed by atoms with Gasteiger partial charge in [0.05, 0.1) is 18.3 Å². The number of fused-ring (bicyclic) bond motifs is 1. The Balaban J connectivity index is 1.50. The van der Waals surface area contributed by atoms with E-state index in [1.54, 1.807) is 24.4 Å². The molecular weight excluding hydrogens is 370 g/mol. The molecule has 0 aliphatic carbocycles. The van der Waals surface area contributed by atoms with Gasteiger partial charge in [0, 0.05) is 36.9 Å². The fourth-order valence-corrected chi connectivity index (χ4v) is 4.08. The Labute approximate surface area is 170 Å². The van der Waals surface area contributed by atoms with Crippen LogP contribution in [0.3, 0.4) is 0 Å². The number of likely N-dealkylation sites (N-methyl/N-ethyl adjacent to an activating group) is 1. The summed E-state index contributed by atoms with van der Waals surface area (Å²) in [5.74, 6) is 0.136. The molecule has 3 amide bonds. The van der Waals surface area contributed by atoms with Crippen molar-refractivity contribution in [2.45, 2.75) is 45.4 Å². The number of pyridine rings is 1. The molecule has 2 aromatic heterocycles. The maximum Gasteiger partial charge on any atom is 0.321 e. The summed E-state index contributed by atoms with van der Waals surface area (Å²) in [5, 5.41) is 10.1. The fraction of sp³-hybridized carbons (Fsp3) is 0.500. The molecule has 4 heterocycles. The van der Waals surface area contributed by atoms with Gasteiger partial charge in [-0.05, 0) is 40.0 Å². The van der Waals surface area contributed by atoms with Crippen molar-refractivity contribution in [2.24, 2.45) is 0 Å². The van der Waals surface area contributed by atoms with Crippen LogP contribution in [0.4, 0.5) is 10.6 Å². The maximum atomic E-state index is 13.3. The van der Waals surface area contributed by atoms with E-state index in [0.717, 1.165) is 17.8 Å². The summed E-state index contributed by atoms with van der Waals surface area (Å²) in [4.78, 5) is 35.9. The van der Waals surface area contributed by atoms with Crippen LogP contribution in [0.25, 0.3) is 0 Å². The van der Waals surface area contributed by atoms with Crippen LogP contribution in [0.5, 0.6) is 0 Å². The van der Waals surface area contributed by atoms with Gasteiger partial charge in [-0.25, -0.2) is 4.79 Å². The van der Waals surface area contributed by atoms with Gasteiger partial charge in [0.2, 0.25) is 0 Å². The number of nitrogens with zero attached hydrogens (tertiary/aromatic N) is 5. The van der Waals surface area contributed by atoms with Gasteiger partial charge >= 0.3 is 6.03 Å². The smallest absolute Gasteiger partial charge is 0.319 e. The Morgan fingerprint density at radius 3 is 2.66 bits per heavy atom. The summed E-state index contributed by atoms with van der Waals surface area (Å²) < 4.78 is 0. The molecule has 2 aliphatic heterocycles. The third-order valence-corrected chi connectivity index (χ3v) is 6.03. The van der Waals surface area contributed by atoms with Gasteiger partial charge < -0.3 is 15.1 Å². The number of urea groups is 1. The zero-order valence-corrected chi connectivity index (χ0v) is 17.2. The van der Waals surface area contributed by atoms with Crippen molar-refractivity contribution in [1.29, 1.82) is 0 Å². The number of amides is 3. The van der Waals surface area contributed by atoms with Crippen molar-refractivity contribution in [1.82, 2.24) is 29.9 Å². The summed E-state index contributed by atoms with van der Waals surface area (Å²) in [6, 6.07) is 5.53. The van der Waals surface area contributed by atoms with E-state index in [4.69, 9.17) is 0 Å². The number of carbonyl (C=O) groups is 2. The van der Waals surface area contributed by atoms with E-state index in [2.05, 4.69) is 46.3 Å². The van der Waals surface area contributed by atoms with Crippen LogP contribution >= 0.6 is 0 Å². The molecule has 29 heavy (non-hydrogen) atoms. The van der Waals surface area contributed by atoms with E-state index in [0.29, 0.717) is 30.6 Å². The molecule has 0 aromatic carbocycles.